The number of esters is 1. The van der Waals surface area contributed by atoms with E-state index >= 15 is 0 Å². The van der Waals surface area contributed by atoms with Gasteiger partial charge in [0.1, 0.15) is 24.0 Å². The zero-order chi connectivity index (χ0) is 41.5. The Bertz CT molecular complexity index is 1430. The van der Waals surface area contributed by atoms with Crippen molar-refractivity contribution < 1.29 is 58.2 Å². The molecule has 0 aromatic heterocycles. The number of hydrogen-bond acceptors (Lipinski definition) is 12. The second-order valence-corrected chi connectivity index (χ2v) is 17.3. The number of ether oxygens (including phenoxy) is 5. The highest BCUT2D eigenvalue weighted by Crippen LogP contribution is 2.41. The van der Waals surface area contributed by atoms with Crippen LogP contribution < -0.4 is 0 Å². The van der Waals surface area contributed by atoms with E-state index in [9.17, 15) is 34.5 Å². The van der Waals surface area contributed by atoms with Gasteiger partial charge in [-0.2, -0.15) is 0 Å². The topological polar surface area (TPSA) is 178 Å². The number of ketones is 2. The molecule has 13 nitrogen and oxygen atoms in total. The van der Waals surface area contributed by atoms with Crippen molar-refractivity contribution in [3.05, 3.63) is 23.8 Å². The monoisotopic (exact) mass is 791 g/mol. The highest BCUT2D eigenvalue weighted by atomic mass is 16.7. The second-order valence-electron chi connectivity index (χ2n) is 17.3. The summed E-state index contributed by atoms with van der Waals surface area (Å²) in [5, 5.41) is 34.3. The normalized spacial score (nSPS) is 41.8. The molecule has 1 amide bonds. The zero-order valence-corrected chi connectivity index (χ0v) is 35.1. The number of aliphatic hydroxyl groups is 3. The van der Waals surface area contributed by atoms with Crippen LogP contribution in [0.2, 0.25) is 0 Å². The molecule has 318 valence electrons. The average molecular weight is 792 g/mol. The van der Waals surface area contributed by atoms with Crippen LogP contribution in [0.5, 0.6) is 0 Å². The number of carbonyl (C=O) groups is 4. The molecule has 4 rings (SSSR count). The van der Waals surface area contributed by atoms with Gasteiger partial charge in [0.15, 0.2) is 0 Å². The predicted molar refractivity (Wildman–Crippen MR) is 208 cm³/mol. The minimum atomic E-state index is -2.52. The number of nitrogens with zero attached hydrogens (tertiary/aromatic N) is 1. The highest BCUT2D eigenvalue weighted by molar-refractivity contribution is 6.39. The standard InChI is InChI=1S/C43H69NO12/c1-10-11-17-42(6)24-25(2)19-34(53-8)38-35(54-9)21-27(4)43(51,56-38)39(48)40(49)44-18-13-12-14-30(44)41(50)55-37(28(5)32(46)23-36(42)47)26(3)20-29-15-16-31(45)33(22-29)52-7/h11,17,20,25,27-35,37-38,45-46,51H,10,12-16,18-19,21-24H2,1-9H3/b17-11+,26-20+/t25-,27-,28-,29+,30+,31-,32+,33-,34?,35+,37-,38-,42-,43-/m1/s1. The van der Waals surface area contributed by atoms with Crippen LogP contribution in [-0.2, 0) is 42.9 Å². The van der Waals surface area contributed by atoms with E-state index in [2.05, 4.69) is 0 Å². The van der Waals surface area contributed by atoms with E-state index in [4.69, 9.17) is 23.7 Å². The van der Waals surface area contributed by atoms with Gasteiger partial charge in [0.25, 0.3) is 11.7 Å². The summed E-state index contributed by atoms with van der Waals surface area (Å²) in [7, 11) is 4.59. The molecule has 1 unspecified atom stereocenters. The molecule has 1 saturated carbocycles. The van der Waals surface area contributed by atoms with Crippen molar-refractivity contribution in [3.63, 3.8) is 0 Å². The molecule has 2 bridgehead atoms. The van der Waals surface area contributed by atoms with Gasteiger partial charge in [0.2, 0.25) is 5.79 Å². The third-order valence-corrected chi connectivity index (χ3v) is 13.0. The van der Waals surface area contributed by atoms with E-state index in [1.807, 2.05) is 45.9 Å². The number of Topliss-reactive ketones (excluding diaryl/α,β-unsaturated/α-hetero) is 2. The lowest BCUT2D eigenvalue weighted by atomic mass is 9.73. The van der Waals surface area contributed by atoms with Crippen molar-refractivity contribution in [3.8, 4) is 0 Å². The molecule has 0 aromatic rings. The number of allylic oxidation sites excluding steroid dienone is 3. The summed E-state index contributed by atoms with van der Waals surface area (Å²) in [6.45, 7) is 11.1. The van der Waals surface area contributed by atoms with Crippen molar-refractivity contribution in [2.45, 2.75) is 167 Å². The van der Waals surface area contributed by atoms with Crippen LogP contribution in [0.1, 0.15) is 112 Å². The maximum absolute atomic E-state index is 14.3. The van der Waals surface area contributed by atoms with E-state index in [0.29, 0.717) is 56.9 Å². The first-order valence-electron chi connectivity index (χ1n) is 20.7. The Labute approximate surface area is 333 Å². The lowest BCUT2D eigenvalue weighted by Crippen LogP contribution is -2.64. The first kappa shape index (κ1) is 46.2. The second kappa shape index (κ2) is 20.0. The fourth-order valence-electron chi connectivity index (χ4n) is 9.43. The van der Waals surface area contributed by atoms with Crippen LogP contribution >= 0.6 is 0 Å². The molecule has 56 heavy (non-hydrogen) atoms. The molecule has 13 heteroatoms. The van der Waals surface area contributed by atoms with Crippen molar-refractivity contribution in [2.75, 3.05) is 27.9 Å². The lowest BCUT2D eigenvalue weighted by molar-refractivity contribution is -0.302. The molecule has 4 aliphatic rings. The number of amides is 1. The van der Waals surface area contributed by atoms with E-state index < -0.39 is 83.4 Å². The molecule has 14 atom stereocenters. The van der Waals surface area contributed by atoms with Crippen LogP contribution in [0.4, 0.5) is 0 Å². The number of fused-ring (bicyclic) bond motifs is 3. The number of carbonyl (C=O) groups excluding carboxylic acids is 4. The number of rotatable bonds is 7. The lowest BCUT2D eigenvalue weighted by Gasteiger charge is -2.47. The Kier molecular flexibility index (Phi) is 16.5. The first-order chi connectivity index (χ1) is 26.4. The van der Waals surface area contributed by atoms with Gasteiger partial charge >= 0.3 is 5.97 Å². The summed E-state index contributed by atoms with van der Waals surface area (Å²) < 4.78 is 29.8. The summed E-state index contributed by atoms with van der Waals surface area (Å²) in [4.78, 5) is 58.2. The van der Waals surface area contributed by atoms with Crippen molar-refractivity contribution in [2.24, 2.45) is 29.1 Å². The Hall–Kier alpha value is -2.52. The number of piperidine rings is 1. The van der Waals surface area contributed by atoms with Gasteiger partial charge in [-0.3, -0.25) is 14.4 Å². The number of cyclic esters (lactones) is 1. The van der Waals surface area contributed by atoms with Crippen LogP contribution in [0.25, 0.3) is 0 Å². The summed E-state index contributed by atoms with van der Waals surface area (Å²) in [5.41, 5.74) is -0.310. The molecule has 0 aromatic carbocycles. The number of methoxy groups -OCH3 is 3. The fraction of sp³-hybridized carbons (Fsp3) is 0.814. The molecule has 4 fully saturated rings. The van der Waals surface area contributed by atoms with Crippen LogP contribution in [0.15, 0.2) is 23.8 Å². The third-order valence-electron chi connectivity index (χ3n) is 13.0. The first-order valence-corrected chi connectivity index (χ1v) is 20.7. The molecule has 3 N–H and O–H groups in total. The Balaban J connectivity index is 1.80. The van der Waals surface area contributed by atoms with Crippen molar-refractivity contribution >= 4 is 23.4 Å². The van der Waals surface area contributed by atoms with Crippen LogP contribution in [0, 0.1) is 29.1 Å². The maximum Gasteiger partial charge on any atom is 0.329 e. The van der Waals surface area contributed by atoms with E-state index in [0.717, 1.165) is 0 Å². The summed E-state index contributed by atoms with van der Waals surface area (Å²) in [5.74, 6) is -7.36. The Morgan fingerprint density at radius 2 is 1.57 bits per heavy atom. The third kappa shape index (κ3) is 10.4. The van der Waals surface area contributed by atoms with E-state index in [-0.39, 0.29) is 49.5 Å². The molecule has 3 saturated heterocycles. The smallest absolute Gasteiger partial charge is 0.329 e. The van der Waals surface area contributed by atoms with Gasteiger partial charge in [-0.05, 0) is 95.5 Å². The van der Waals surface area contributed by atoms with Crippen molar-refractivity contribution in [1.82, 2.24) is 4.90 Å². The van der Waals surface area contributed by atoms with Gasteiger partial charge in [-0.1, -0.05) is 45.9 Å². The highest BCUT2D eigenvalue weighted by Gasteiger charge is 2.57. The van der Waals surface area contributed by atoms with Crippen LogP contribution in [0.3, 0.4) is 0 Å². The minimum absolute atomic E-state index is 0.00460. The van der Waals surface area contributed by atoms with Crippen molar-refractivity contribution in [1.29, 1.82) is 0 Å². The van der Waals surface area contributed by atoms with Crippen LogP contribution in [-0.4, -0.2) is 126 Å². The molecule has 1 aliphatic carbocycles. The largest absolute Gasteiger partial charge is 0.456 e. The van der Waals surface area contributed by atoms with Gasteiger partial charge in [0, 0.05) is 51.5 Å². The van der Waals surface area contributed by atoms with E-state index in [1.54, 1.807) is 21.0 Å². The summed E-state index contributed by atoms with van der Waals surface area (Å²) in [6, 6.07) is -1.13. The average Bonchev–Trinajstić information content (AvgIpc) is 3.18. The van der Waals surface area contributed by atoms with E-state index in [1.165, 1.54) is 19.1 Å². The minimum Gasteiger partial charge on any atom is -0.456 e. The molecular weight excluding hydrogens is 722 g/mol. The van der Waals surface area contributed by atoms with Gasteiger partial charge in [0.05, 0.1) is 30.5 Å². The summed E-state index contributed by atoms with van der Waals surface area (Å²) >= 11 is 0. The number of aliphatic hydroxyl groups excluding tert-OH is 2. The predicted octanol–water partition coefficient (Wildman–Crippen LogP) is 4.47. The number of hydrogen-bond donors (Lipinski definition) is 3. The molecule has 0 spiro atoms. The SMILES string of the molecule is CC/C=C/[C@]1(C)C[C@H](C)CC(OC)[C@H]2O[C@@](O)(C(=O)C(=O)N3CCCC[C@H]3C(=O)O[C@H](/C(C)=C/[C@@H]3CC[C@@H](O)[C@H](OC)C3)[C@H](C)[C@@H](O)CC1=O)[C@H](C)C[C@@H]2OC. The van der Waals surface area contributed by atoms with Gasteiger partial charge < -0.3 is 43.9 Å². The Morgan fingerprint density at radius 1 is 0.911 bits per heavy atom. The summed E-state index contributed by atoms with van der Waals surface area (Å²) in [6.07, 6.45) is 5.13. The molecule has 0 radical (unpaired) electrons. The van der Waals surface area contributed by atoms with Gasteiger partial charge in [-0.15, -0.1) is 0 Å². The fourth-order valence-corrected chi connectivity index (χ4v) is 9.43. The molecule has 3 heterocycles. The maximum atomic E-state index is 14.3. The zero-order valence-electron chi connectivity index (χ0n) is 35.1. The van der Waals surface area contributed by atoms with Gasteiger partial charge in [-0.25, -0.2) is 4.79 Å². The molecular formula is C43H69NO12. The Morgan fingerprint density at radius 3 is 2.21 bits per heavy atom. The molecule has 3 aliphatic heterocycles. The quantitative estimate of drug-likeness (QED) is 0.188.